The molecule has 0 atom stereocenters. The van der Waals surface area contributed by atoms with Crippen molar-refractivity contribution in [2.75, 3.05) is 26.7 Å². The largest absolute Gasteiger partial charge is 0.451 e. The molecule has 1 aromatic heterocycles. The molecule has 1 amide bonds. The molecule has 1 fully saturated rings. The summed E-state index contributed by atoms with van der Waals surface area (Å²) in [5.74, 6) is 0. The third kappa shape index (κ3) is 5.21. The van der Waals surface area contributed by atoms with Crippen LogP contribution in [-0.4, -0.2) is 53.9 Å². The molecule has 0 spiro atoms. The fourth-order valence-electron chi connectivity index (χ4n) is 2.62. The zero-order valence-electron chi connectivity index (χ0n) is 14.4. The molecular weight excluding hydrogens is 298 g/mol. The van der Waals surface area contributed by atoms with E-state index in [2.05, 4.69) is 10.3 Å². The Kier molecular flexibility index (Phi) is 5.64. The van der Waals surface area contributed by atoms with Crippen molar-refractivity contribution in [3.05, 3.63) is 18.4 Å². The lowest BCUT2D eigenvalue weighted by Crippen LogP contribution is -2.53. The van der Waals surface area contributed by atoms with Crippen molar-refractivity contribution in [1.82, 2.24) is 15.2 Å². The Bertz CT molecular complexity index is 488. The van der Waals surface area contributed by atoms with Crippen LogP contribution >= 0.6 is 0 Å². The van der Waals surface area contributed by atoms with E-state index in [0.717, 1.165) is 18.5 Å². The van der Waals surface area contributed by atoms with Crippen LogP contribution in [0.3, 0.4) is 0 Å². The van der Waals surface area contributed by atoms with Crippen molar-refractivity contribution in [2.45, 2.75) is 51.4 Å². The molecule has 7 nitrogen and oxygen atoms in total. The second-order valence-electron chi connectivity index (χ2n) is 6.94. The van der Waals surface area contributed by atoms with Gasteiger partial charge in [0.2, 0.25) is 0 Å². The molecule has 23 heavy (non-hydrogen) atoms. The van der Waals surface area contributed by atoms with Gasteiger partial charge in [0.1, 0.15) is 11.9 Å². The summed E-state index contributed by atoms with van der Waals surface area (Å²) in [6.45, 7) is 8.24. The molecule has 2 heterocycles. The monoisotopic (exact) mass is 325 g/mol. The van der Waals surface area contributed by atoms with Crippen LogP contribution in [0.5, 0.6) is 0 Å². The highest BCUT2D eigenvalue weighted by Crippen LogP contribution is 2.26. The van der Waals surface area contributed by atoms with E-state index in [4.69, 9.17) is 13.9 Å². The van der Waals surface area contributed by atoms with E-state index in [-0.39, 0.29) is 11.7 Å². The molecule has 1 N–H and O–H groups in total. The van der Waals surface area contributed by atoms with Gasteiger partial charge in [0.15, 0.2) is 6.39 Å². The molecule has 130 valence electrons. The highest BCUT2D eigenvalue weighted by Gasteiger charge is 2.36. The summed E-state index contributed by atoms with van der Waals surface area (Å²) in [4.78, 5) is 17.9. The van der Waals surface area contributed by atoms with Crippen LogP contribution in [0.4, 0.5) is 4.79 Å². The number of nitrogens with one attached hydrogen (secondary N) is 1. The lowest BCUT2D eigenvalue weighted by Gasteiger charge is -2.41. The lowest BCUT2D eigenvalue weighted by atomic mass is 9.91. The normalized spacial score (nSPS) is 18.0. The second kappa shape index (κ2) is 7.31. The van der Waals surface area contributed by atoms with Crippen LogP contribution in [0.15, 0.2) is 17.1 Å². The Morgan fingerprint density at radius 2 is 2.13 bits per heavy atom. The van der Waals surface area contributed by atoms with Gasteiger partial charge < -0.3 is 24.1 Å². The van der Waals surface area contributed by atoms with Gasteiger partial charge in [-0.2, -0.15) is 0 Å². The molecule has 1 aliphatic heterocycles. The number of carbonyl (C=O) groups is 1. The fraction of sp³-hybridized carbons (Fsp3) is 0.750. The van der Waals surface area contributed by atoms with Crippen molar-refractivity contribution >= 4 is 6.09 Å². The summed E-state index contributed by atoms with van der Waals surface area (Å²) in [6.07, 6.45) is 4.33. The number of methoxy groups -OCH3 is 1. The number of amides is 1. The maximum absolute atomic E-state index is 12.1. The van der Waals surface area contributed by atoms with Gasteiger partial charge in [-0.15, -0.1) is 0 Å². The average molecular weight is 325 g/mol. The SMILES string of the molecule is COC1(CNCc2cocn2)CCN(C(=O)OC(C)(C)C)CC1. The predicted molar refractivity (Wildman–Crippen MR) is 85.0 cm³/mol. The zero-order valence-corrected chi connectivity index (χ0v) is 14.4. The minimum absolute atomic E-state index is 0.252. The standard InChI is InChI=1S/C16H27N3O4/c1-15(2,3)23-14(20)19-7-5-16(21-4,6-8-19)11-17-9-13-10-22-12-18-13/h10,12,17H,5-9,11H2,1-4H3. The molecule has 1 saturated heterocycles. The summed E-state index contributed by atoms with van der Waals surface area (Å²) >= 11 is 0. The van der Waals surface area contributed by atoms with Gasteiger partial charge in [0.05, 0.1) is 11.3 Å². The van der Waals surface area contributed by atoms with Crippen molar-refractivity contribution in [3.63, 3.8) is 0 Å². The van der Waals surface area contributed by atoms with Gasteiger partial charge in [-0.1, -0.05) is 0 Å². The van der Waals surface area contributed by atoms with E-state index in [1.165, 1.54) is 6.39 Å². The summed E-state index contributed by atoms with van der Waals surface area (Å²) in [5, 5.41) is 3.35. The summed E-state index contributed by atoms with van der Waals surface area (Å²) in [5.41, 5.74) is 0.135. The smallest absolute Gasteiger partial charge is 0.410 e. The quantitative estimate of drug-likeness (QED) is 0.894. The number of aromatic nitrogens is 1. The van der Waals surface area contributed by atoms with Crippen LogP contribution in [0.1, 0.15) is 39.3 Å². The summed E-state index contributed by atoms with van der Waals surface area (Å²) < 4.78 is 16.1. The maximum Gasteiger partial charge on any atom is 0.410 e. The molecule has 2 rings (SSSR count). The number of rotatable bonds is 5. The Labute approximate surface area is 137 Å². The van der Waals surface area contributed by atoms with Crippen molar-refractivity contribution in [3.8, 4) is 0 Å². The number of ether oxygens (including phenoxy) is 2. The fourth-order valence-corrected chi connectivity index (χ4v) is 2.62. The van der Waals surface area contributed by atoms with Crippen LogP contribution in [0.25, 0.3) is 0 Å². The first-order chi connectivity index (χ1) is 10.8. The van der Waals surface area contributed by atoms with E-state index in [0.29, 0.717) is 26.2 Å². The Morgan fingerprint density at radius 1 is 1.43 bits per heavy atom. The lowest BCUT2D eigenvalue weighted by molar-refractivity contribution is -0.0588. The summed E-state index contributed by atoms with van der Waals surface area (Å²) in [6, 6.07) is 0. The van der Waals surface area contributed by atoms with E-state index in [1.807, 2.05) is 20.8 Å². The Morgan fingerprint density at radius 3 is 2.65 bits per heavy atom. The van der Waals surface area contributed by atoms with Crippen LogP contribution in [0.2, 0.25) is 0 Å². The molecule has 0 unspecified atom stereocenters. The molecule has 7 heteroatoms. The topological polar surface area (TPSA) is 76.8 Å². The van der Waals surface area contributed by atoms with Crippen molar-refractivity contribution in [1.29, 1.82) is 0 Å². The van der Waals surface area contributed by atoms with Gasteiger partial charge in [0, 0.05) is 33.3 Å². The molecular formula is C16H27N3O4. The first-order valence-corrected chi connectivity index (χ1v) is 7.94. The number of hydrogen-bond acceptors (Lipinski definition) is 6. The molecule has 0 aliphatic carbocycles. The highest BCUT2D eigenvalue weighted by atomic mass is 16.6. The molecule has 0 radical (unpaired) electrons. The van der Waals surface area contributed by atoms with Gasteiger partial charge in [-0.25, -0.2) is 9.78 Å². The van der Waals surface area contributed by atoms with Crippen molar-refractivity contribution in [2.24, 2.45) is 0 Å². The van der Waals surface area contributed by atoms with Gasteiger partial charge in [-0.3, -0.25) is 0 Å². The van der Waals surface area contributed by atoms with E-state index < -0.39 is 5.60 Å². The molecule has 0 saturated carbocycles. The third-order valence-corrected chi connectivity index (χ3v) is 4.00. The van der Waals surface area contributed by atoms with Crippen LogP contribution < -0.4 is 5.32 Å². The van der Waals surface area contributed by atoms with Gasteiger partial charge in [-0.05, 0) is 33.6 Å². The number of likely N-dealkylation sites (tertiary alicyclic amines) is 1. The molecule has 1 aromatic rings. The molecule has 1 aliphatic rings. The number of oxazole rings is 1. The average Bonchev–Trinajstić information content (AvgIpc) is 2.99. The van der Waals surface area contributed by atoms with Gasteiger partial charge in [0.25, 0.3) is 0 Å². The number of nitrogens with zero attached hydrogens (tertiary/aromatic N) is 2. The third-order valence-electron chi connectivity index (χ3n) is 4.00. The van der Waals surface area contributed by atoms with Crippen LogP contribution in [0, 0.1) is 0 Å². The first-order valence-electron chi connectivity index (χ1n) is 7.94. The minimum atomic E-state index is -0.466. The van der Waals surface area contributed by atoms with Crippen LogP contribution in [-0.2, 0) is 16.0 Å². The van der Waals surface area contributed by atoms with Gasteiger partial charge >= 0.3 is 6.09 Å². The number of hydrogen-bond donors (Lipinski definition) is 1. The molecule has 0 bridgehead atoms. The second-order valence-corrected chi connectivity index (χ2v) is 6.94. The first kappa shape index (κ1) is 17.7. The van der Waals surface area contributed by atoms with Crippen molar-refractivity contribution < 1.29 is 18.7 Å². The van der Waals surface area contributed by atoms with E-state index in [1.54, 1.807) is 18.3 Å². The Balaban J connectivity index is 1.80. The van der Waals surface area contributed by atoms with E-state index in [9.17, 15) is 4.79 Å². The number of piperidine rings is 1. The minimum Gasteiger partial charge on any atom is -0.451 e. The predicted octanol–water partition coefficient (Wildman–Crippen LogP) is 2.18. The van der Waals surface area contributed by atoms with E-state index >= 15 is 0 Å². The molecule has 0 aromatic carbocycles. The summed E-state index contributed by atoms with van der Waals surface area (Å²) in [7, 11) is 1.72. The highest BCUT2D eigenvalue weighted by molar-refractivity contribution is 5.68. The number of carbonyl (C=O) groups excluding carboxylic acids is 1. The zero-order chi connectivity index (χ0) is 16.9. The maximum atomic E-state index is 12.1. The Hall–Kier alpha value is -1.60.